The molecule has 0 amide bonds. The van der Waals surface area contributed by atoms with Gasteiger partial charge in [-0.3, -0.25) is 0 Å². The van der Waals surface area contributed by atoms with Gasteiger partial charge in [0.05, 0.1) is 6.61 Å². The lowest BCUT2D eigenvalue weighted by molar-refractivity contribution is 0.179. The molecule has 118 valence electrons. The molecule has 0 saturated heterocycles. The van der Waals surface area contributed by atoms with Crippen LogP contribution in [0.25, 0.3) is 0 Å². The average molecular weight is 309 g/mol. The minimum Gasteiger partial charge on any atom is -0.383 e. The second-order valence-corrected chi connectivity index (χ2v) is 5.74. The third-order valence-corrected chi connectivity index (χ3v) is 3.35. The average Bonchev–Trinajstić information content (AvgIpc) is 2.45. The Morgan fingerprint density at radius 3 is 2.71 bits per heavy atom. The van der Waals surface area contributed by atoms with Gasteiger partial charge in [-0.1, -0.05) is 30.3 Å². The summed E-state index contributed by atoms with van der Waals surface area (Å²) in [6, 6.07) is 10.8. The maximum absolute atomic E-state index is 5.24. The molecule has 2 N–H and O–H groups in total. The first-order valence-corrected chi connectivity index (χ1v) is 7.78. The van der Waals surface area contributed by atoms with Gasteiger partial charge < -0.3 is 20.3 Å². The molecule has 4 nitrogen and oxygen atoms in total. The van der Waals surface area contributed by atoms with Crippen LogP contribution in [0.1, 0.15) is 18.9 Å². The monoisotopic (exact) mass is 309 g/mol. The van der Waals surface area contributed by atoms with E-state index in [-0.39, 0.29) is 6.04 Å². The van der Waals surface area contributed by atoms with Gasteiger partial charge in [0.25, 0.3) is 0 Å². The van der Waals surface area contributed by atoms with Gasteiger partial charge in [0, 0.05) is 26.2 Å². The minimum atomic E-state index is 0.232. The summed E-state index contributed by atoms with van der Waals surface area (Å²) in [5.74, 6) is 0. The van der Waals surface area contributed by atoms with E-state index in [9.17, 15) is 0 Å². The summed E-state index contributed by atoms with van der Waals surface area (Å²) in [4.78, 5) is 2.32. The third-order valence-electron chi connectivity index (χ3n) is 3.09. The molecule has 5 heteroatoms. The van der Waals surface area contributed by atoms with E-state index in [1.165, 1.54) is 5.56 Å². The predicted molar refractivity (Wildman–Crippen MR) is 92.5 cm³/mol. The first-order valence-electron chi connectivity index (χ1n) is 7.37. The number of methoxy groups -OCH3 is 1. The number of benzene rings is 1. The van der Waals surface area contributed by atoms with E-state index in [4.69, 9.17) is 17.0 Å². The Bertz CT molecular complexity index is 400. The first-order chi connectivity index (χ1) is 10.1. The highest BCUT2D eigenvalue weighted by molar-refractivity contribution is 7.80. The van der Waals surface area contributed by atoms with E-state index in [1.807, 2.05) is 13.0 Å². The molecule has 0 aliphatic rings. The maximum Gasteiger partial charge on any atom is 0.166 e. The topological polar surface area (TPSA) is 36.5 Å². The lowest BCUT2D eigenvalue weighted by Crippen LogP contribution is -2.43. The second-order valence-electron chi connectivity index (χ2n) is 5.33. The Kier molecular flexibility index (Phi) is 8.98. The number of hydrogen-bond acceptors (Lipinski definition) is 3. The van der Waals surface area contributed by atoms with E-state index in [1.54, 1.807) is 7.11 Å². The molecule has 0 aliphatic heterocycles. The molecule has 1 atom stereocenters. The van der Waals surface area contributed by atoms with Crippen molar-refractivity contribution in [2.45, 2.75) is 25.9 Å². The molecule has 0 aromatic heterocycles. The summed E-state index contributed by atoms with van der Waals surface area (Å²) in [5.41, 5.74) is 1.35. The van der Waals surface area contributed by atoms with E-state index in [2.05, 4.69) is 46.8 Å². The van der Waals surface area contributed by atoms with Crippen LogP contribution < -0.4 is 10.6 Å². The van der Waals surface area contributed by atoms with Gasteiger partial charge in [-0.05, 0) is 44.7 Å². The number of nitrogens with zero attached hydrogens (tertiary/aromatic N) is 1. The number of rotatable bonds is 9. The van der Waals surface area contributed by atoms with Crippen LogP contribution in [0.5, 0.6) is 0 Å². The van der Waals surface area contributed by atoms with Crippen LogP contribution in [-0.2, 0) is 11.3 Å². The molecule has 0 saturated carbocycles. The van der Waals surface area contributed by atoms with Crippen LogP contribution in [0.2, 0.25) is 0 Å². The number of nitrogens with one attached hydrogen (secondary N) is 2. The quantitative estimate of drug-likeness (QED) is 0.539. The van der Waals surface area contributed by atoms with E-state index < -0.39 is 0 Å². The van der Waals surface area contributed by atoms with Crippen LogP contribution in [0.15, 0.2) is 30.3 Å². The zero-order valence-corrected chi connectivity index (χ0v) is 14.1. The Morgan fingerprint density at radius 1 is 1.33 bits per heavy atom. The number of thiocarbonyl (C=S) groups is 1. The number of hydrogen-bond donors (Lipinski definition) is 2. The Morgan fingerprint density at radius 2 is 2.05 bits per heavy atom. The molecule has 21 heavy (non-hydrogen) atoms. The molecule has 0 aliphatic carbocycles. The zero-order valence-electron chi connectivity index (χ0n) is 13.3. The highest BCUT2D eigenvalue weighted by Gasteiger charge is 2.03. The fourth-order valence-corrected chi connectivity index (χ4v) is 2.39. The molecule has 0 radical (unpaired) electrons. The molecule has 0 bridgehead atoms. The fourth-order valence-electron chi connectivity index (χ4n) is 2.09. The van der Waals surface area contributed by atoms with Crippen LogP contribution in [0.3, 0.4) is 0 Å². The summed E-state index contributed by atoms with van der Waals surface area (Å²) in [5, 5.41) is 7.12. The molecular formula is C16H27N3OS. The Balaban J connectivity index is 2.09. The lowest BCUT2D eigenvalue weighted by Gasteiger charge is -2.18. The molecule has 1 aromatic rings. The van der Waals surface area contributed by atoms with Crippen LogP contribution in [0.4, 0.5) is 0 Å². The highest BCUT2D eigenvalue weighted by Crippen LogP contribution is 2.02. The zero-order chi connectivity index (χ0) is 15.5. The van der Waals surface area contributed by atoms with Crippen molar-refractivity contribution in [3.05, 3.63) is 35.9 Å². The van der Waals surface area contributed by atoms with Crippen LogP contribution in [-0.4, -0.2) is 49.9 Å². The highest BCUT2D eigenvalue weighted by atomic mass is 32.1. The van der Waals surface area contributed by atoms with Gasteiger partial charge in [0.2, 0.25) is 0 Å². The van der Waals surface area contributed by atoms with Crippen molar-refractivity contribution in [1.29, 1.82) is 0 Å². The second kappa shape index (κ2) is 10.5. The maximum atomic E-state index is 5.24. The molecule has 0 heterocycles. The van der Waals surface area contributed by atoms with Gasteiger partial charge in [0.1, 0.15) is 0 Å². The third kappa shape index (κ3) is 8.65. The van der Waals surface area contributed by atoms with Gasteiger partial charge in [-0.15, -0.1) is 0 Å². The molecular weight excluding hydrogens is 282 g/mol. The SMILES string of the molecule is COCC(C)NC(=S)NCCCN(C)Cc1ccccc1. The lowest BCUT2D eigenvalue weighted by atomic mass is 10.2. The summed E-state index contributed by atoms with van der Waals surface area (Å²) in [6.07, 6.45) is 1.06. The number of ether oxygens (including phenoxy) is 1. The van der Waals surface area contributed by atoms with E-state index in [0.717, 1.165) is 26.1 Å². The van der Waals surface area contributed by atoms with Gasteiger partial charge in [-0.2, -0.15) is 0 Å². The Hall–Kier alpha value is -1.17. The largest absolute Gasteiger partial charge is 0.383 e. The van der Waals surface area contributed by atoms with Crippen molar-refractivity contribution in [2.75, 3.05) is 33.9 Å². The van der Waals surface area contributed by atoms with Crippen LogP contribution in [0, 0.1) is 0 Å². The Labute approximate surface area is 133 Å². The van der Waals surface area contributed by atoms with Crippen molar-refractivity contribution in [3.63, 3.8) is 0 Å². The summed E-state index contributed by atoms with van der Waals surface area (Å²) in [6.45, 7) is 5.60. The fraction of sp³-hybridized carbons (Fsp3) is 0.562. The van der Waals surface area contributed by atoms with E-state index >= 15 is 0 Å². The smallest absolute Gasteiger partial charge is 0.166 e. The van der Waals surface area contributed by atoms with Gasteiger partial charge >= 0.3 is 0 Å². The van der Waals surface area contributed by atoms with Crippen molar-refractivity contribution >= 4 is 17.3 Å². The molecule has 1 rings (SSSR count). The van der Waals surface area contributed by atoms with Gasteiger partial charge in [-0.25, -0.2) is 0 Å². The summed E-state index contributed by atoms with van der Waals surface area (Å²) >= 11 is 5.24. The molecule has 1 aromatic carbocycles. The van der Waals surface area contributed by atoms with Crippen molar-refractivity contribution in [3.8, 4) is 0 Å². The predicted octanol–water partition coefficient (Wildman–Crippen LogP) is 2.01. The first kappa shape index (κ1) is 17.9. The van der Waals surface area contributed by atoms with Crippen molar-refractivity contribution < 1.29 is 4.74 Å². The molecule has 0 spiro atoms. The molecule has 1 unspecified atom stereocenters. The molecule has 0 fully saturated rings. The van der Waals surface area contributed by atoms with E-state index in [0.29, 0.717) is 11.7 Å². The minimum absolute atomic E-state index is 0.232. The summed E-state index contributed by atoms with van der Waals surface area (Å²) in [7, 11) is 3.83. The van der Waals surface area contributed by atoms with Gasteiger partial charge in [0.15, 0.2) is 5.11 Å². The van der Waals surface area contributed by atoms with Crippen molar-refractivity contribution in [1.82, 2.24) is 15.5 Å². The normalized spacial score (nSPS) is 12.2. The van der Waals surface area contributed by atoms with Crippen molar-refractivity contribution in [2.24, 2.45) is 0 Å². The standard InChI is InChI=1S/C16H27N3OS/c1-14(13-20-3)18-16(21)17-10-7-11-19(2)12-15-8-5-4-6-9-15/h4-6,8-9,14H,7,10-13H2,1-3H3,(H2,17,18,21). The summed E-state index contributed by atoms with van der Waals surface area (Å²) < 4.78 is 5.06. The van der Waals surface area contributed by atoms with Crippen LogP contribution >= 0.6 is 12.2 Å².